The molecule has 0 saturated heterocycles. The van der Waals surface area contributed by atoms with Gasteiger partial charge in [-0.15, -0.1) is 0 Å². The van der Waals surface area contributed by atoms with Crippen LogP contribution in [0.15, 0.2) is 48.8 Å². The van der Waals surface area contributed by atoms with Crippen molar-refractivity contribution in [1.82, 2.24) is 10.5 Å². The van der Waals surface area contributed by atoms with Gasteiger partial charge in [-0.05, 0) is 60.9 Å². The van der Waals surface area contributed by atoms with Crippen molar-refractivity contribution in [2.24, 2.45) is 11.8 Å². The van der Waals surface area contributed by atoms with Crippen molar-refractivity contribution in [2.45, 2.75) is 25.8 Å². The smallest absolute Gasteiger partial charge is 0.276 e. The maximum Gasteiger partial charge on any atom is 0.276 e. The van der Waals surface area contributed by atoms with Crippen LogP contribution in [0.3, 0.4) is 0 Å². The van der Waals surface area contributed by atoms with Gasteiger partial charge in [-0.2, -0.15) is 0 Å². The highest BCUT2D eigenvalue weighted by Gasteiger charge is 2.24. The fraction of sp³-hybridized carbons (Fsp3) is 0.400. The zero-order valence-corrected chi connectivity index (χ0v) is 14.7. The summed E-state index contributed by atoms with van der Waals surface area (Å²) in [7, 11) is 0. The Bertz CT molecular complexity index is 708. The molecule has 6 nitrogen and oxygen atoms in total. The van der Waals surface area contributed by atoms with Crippen LogP contribution in [-0.4, -0.2) is 29.2 Å². The maximum absolute atomic E-state index is 12.4. The van der Waals surface area contributed by atoms with E-state index >= 15 is 0 Å². The summed E-state index contributed by atoms with van der Waals surface area (Å²) in [4.78, 5) is 21.9. The second-order valence-electron chi connectivity index (χ2n) is 6.72. The van der Waals surface area contributed by atoms with Crippen LogP contribution in [0.1, 0.15) is 35.2 Å². The fourth-order valence-corrected chi connectivity index (χ4v) is 3.31. The van der Waals surface area contributed by atoms with Crippen LogP contribution in [0.5, 0.6) is 0 Å². The topological polar surface area (TPSA) is 83.5 Å². The van der Waals surface area contributed by atoms with Gasteiger partial charge in [0.05, 0.1) is 12.2 Å². The first-order valence-electron chi connectivity index (χ1n) is 9.01. The first-order chi connectivity index (χ1) is 12.8. The van der Waals surface area contributed by atoms with Gasteiger partial charge in [0.1, 0.15) is 0 Å². The van der Waals surface area contributed by atoms with Gasteiger partial charge in [0.15, 0.2) is 0 Å². The highest BCUT2D eigenvalue weighted by Crippen LogP contribution is 2.30. The lowest BCUT2D eigenvalue weighted by Gasteiger charge is -2.14. The van der Waals surface area contributed by atoms with E-state index in [1.54, 1.807) is 18.5 Å². The molecule has 1 saturated carbocycles. The molecule has 1 aromatic heterocycles. The summed E-state index contributed by atoms with van der Waals surface area (Å²) in [6.45, 7) is 1.33. The zero-order chi connectivity index (χ0) is 18.2. The average molecular weight is 355 g/mol. The van der Waals surface area contributed by atoms with Crippen molar-refractivity contribution in [1.29, 1.82) is 0 Å². The molecule has 2 unspecified atom stereocenters. The third kappa shape index (κ3) is 5.03. The van der Waals surface area contributed by atoms with Crippen LogP contribution in [0.2, 0.25) is 0 Å². The SMILES string of the molecule is O=C(NOCC1CCC(CO)C1)c1ccccc1NCc1ccncc1. The number of carbonyl (C=O) groups is 1. The number of nitrogens with zero attached hydrogens (tertiary/aromatic N) is 1. The number of para-hydroxylation sites is 1. The molecule has 2 aromatic rings. The molecule has 0 spiro atoms. The molecule has 3 rings (SSSR count). The van der Waals surface area contributed by atoms with E-state index < -0.39 is 0 Å². The van der Waals surface area contributed by atoms with Crippen LogP contribution in [0.4, 0.5) is 5.69 Å². The second-order valence-corrected chi connectivity index (χ2v) is 6.72. The number of rotatable bonds is 8. The summed E-state index contributed by atoms with van der Waals surface area (Å²) in [5.74, 6) is 0.504. The standard InChI is InChI=1S/C20H25N3O3/c24-13-16-5-6-17(11-16)14-26-23-20(25)18-3-1-2-4-19(18)22-12-15-7-9-21-10-8-15/h1-4,7-10,16-17,22,24H,5-6,11-14H2,(H,23,25). The molecule has 6 heteroatoms. The number of carbonyl (C=O) groups excluding carboxylic acids is 1. The monoisotopic (exact) mass is 355 g/mol. The number of hydroxylamine groups is 1. The normalized spacial score (nSPS) is 19.3. The molecule has 1 fully saturated rings. The molecular weight excluding hydrogens is 330 g/mol. The Morgan fingerprint density at radius 3 is 2.69 bits per heavy atom. The highest BCUT2D eigenvalue weighted by atomic mass is 16.6. The van der Waals surface area contributed by atoms with Crippen LogP contribution in [0, 0.1) is 11.8 Å². The Balaban J connectivity index is 1.51. The first kappa shape index (κ1) is 18.4. The number of hydrogen-bond donors (Lipinski definition) is 3. The summed E-state index contributed by atoms with van der Waals surface area (Å²) in [6.07, 6.45) is 6.50. The Hall–Kier alpha value is -2.44. The molecule has 3 N–H and O–H groups in total. The summed E-state index contributed by atoms with van der Waals surface area (Å²) in [5, 5.41) is 12.5. The summed E-state index contributed by atoms with van der Waals surface area (Å²) in [6, 6.07) is 11.2. The first-order valence-corrected chi connectivity index (χ1v) is 9.01. The van der Waals surface area contributed by atoms with E-state index in [4.69, 9.17) is 4.84 Å². The minimum atomic E-state index is -0.264. The summed E-state index contributed by atoms with van der Waals surface area (Å²) in [5.41, 5.74) is 4.93. The van der Waals surface area contributed by atoms with Crippen LogP contribution >= 0.6 is 0 Å². The van der Waals surface area contributed by atoms with Crippen molar-refractivity contribution in [3.63, 3.8) is 0 Å². The number of aliphatic hydroxyl groups excluding tert-OH is 1. The van der Waals surface area contributed by atoms with Gasteiger partial charge in [0.2, 0.25) is 0 Å². The van der Waals surface area contributed by atoms with Gasteiger partial charge in [-0.25, -0.2) is 5.48 Å². The van der Waals surface area contributed by atoms with Gasteiger partial charge in [0.25, 0.3) is 5.91 Å². The number of aromatic nitrogens is 1. The predicted octanol–water partition coefficient (Wildman–Crippen LogP) is 2.76. The van der Waals surface area contributed by atoms with E-state index in [0.29, 0.717) is 30.6 Å². The van der Waals surface area contributed by atoms with Crippen LogP contribution in [0.25, 0.3) is 0 Å². The van der Waals surface area contributed by atoms with Crippen molar-refractivity contribution < 1.29 is 14.7 Å². The number of benzene rings is 1. The lowest BCUT2D eigenvalue weighted by molar-refractivity contribution is 0.0162. The van der Waals surface area contributed by atoms with E-state index in [2.05, 4.69) is 15.8 Å². The van der Waals surface area contributed by atoms with Crippen molar-refractivity contribution in [2.75, 3.05) is 18.5 Å². The minimum absolute atomic E-state index is 0.235. The average Bonchev–Trinajstić information content (AvgIpc) is 3.15. The Morgan fingerprint density at radius 2 is 1.92 bits per heavy atom. The van der Waals surface area contributed by atoms with Gasteiger partial charge < -0.3 is 10.4 Å². The quantitative estimate of drug-likeness (QED) is 0.634. The van der Waals surface area contributed by atoms with E-state index in [0.717, 1.165) is 30.5 Å². The molecule has 1 aliphatic rings. The van der Waals surface area contributed by atoms with E-state index in [9.17, 15) is 9.90 Å². The largest absolute Gasteiger partial charge is 0.396 e. The molecule has 26 heavy (non-hydrogen) atoms. The zero-order valence-electron chi connectivity index (χ0n) is 14.7. The van der Waals surface area contributed by atoms with E-state index in [1.165, 1.54) is 0 Å². The Morgan fingerprint density at radius 1 is 1.15 bits per heavy atom. The Kier molecular flexibility index (Phi) is 6.57. The number of anilines is 1. The van der Waals surface area contributed by atoms with E-state index in [-0.39, 0.29) is 12.5 Å². The third-order valence-electron chi connectivity index (χ3n) is 4.80. The number of aliphatic hydroxyl groups is 1. The predicted molar refractivity (Wildman–Crippen MR) is 99.3 cm³/mol. The number of amides is 1. The molecule has 1 heterocycles. The van der Waals surface area contributed by atoms with Crippen LogP contribution in [-0.2, 0) is 11.4 Å². The van der Waals surface area contributed by atoms with E-state index in [1.807, 2.05) is 30.3 Å². The molecule has 0 aliphatic heterocycles. The van der Waals surface area contributed by atoms with Crippen molar-refractivity contribution in [3.05, 3.63) is 59.9 Å². The Labute approximate surface area is 153 Å². The maximum atomic E-state index is 12.4. The number of hydrogen-bond acceptors (Lipinski definition) is 5. The van der Waals surface area contributed by atoms with Gasteiger partial charge >= 0.3 is 0 Å². The molecule has 1 amide bonds. The molecule has 138 valence electrons. The lowest BCUT2D eigenvalue weighted by atomic mass is 10.1. The number of pyridine rings is 1. The highest BCUT2D eigenvalue weighted by molar-refractivity contribution is 5.98. The molecule has 0 radical (unpaired) electrons. The molecular formula is C20H25N3O3. The fourth-order valence-electron chi connectivity index (χ4n) is 3.31. The third-order valence-corrected chi connectivity index (χ3v) is 4.80. The molecule has 2 atom stereocenters. The van der Waals surface area contributed by atoms with Crippen LogP contribution < -0.4 is 10.8 Å². The lowest BCUT2D eigenvalue weighted by Crippen LogP contribution is -2.27. The van der Waals surface area contributed by atoms with Gasteiger partial charge in [0, 0.05) is 31.2 Å². The molecule has 0 bridgehead atoms. The van der Waals surface area contributed by atoms with Crippen molar-refractivity contribution >= 4 is 11.6 Å². The number of nitrogens with one attached hydrogen (secondary N) is 2. The van der Waals surface area contributed by atoms with Gasteiger partial charge in [-0.3, -0.25) is 14.6 Å². The summed E-state index contributed by atoms with van der Waals surface area (Å²) >= 11 is 0. The molecule has 1 aliphatic carbocycles. The van der Waals surface area contributed by atoms with Crippen molar-refractivity contribution in [3.8, 4) is 0 Å². The van der Waals surface area contributed by atoms with Gasteiger partial charge in [-0.1, -0.05) is 12.1 Å². The second kappa shape index (κ2) is 9.31. The minimum Gasteiger partial charge on any atom is -0.396 e. The molecule has 1 aromatic carbocycles. The summed E-state index contributed by atoms with van der Waals surface area (Å²) < 4.78 is 0.